The van der Waals surface area contributed by atoms with Crippen LogP contribution in [0.3, 0.4) is 0 Å². The number of rotatable bonds is 7. The first kappa shape index (κ1) is 13.8. The number of hydrogen-bond acceptors (Lipinski definition) is 3. The fraction of sp³-hybridized carbons (Fsp3) is 0.375. The molecule has 1 N–H and O–H groups in total. The Balaban J connectivity index is 1.84. The van der Waals surface area contributed by atoms with Gasteiger partial charge in [0.25, 0.3) is 0 Å². The SMILES string of the molecule is CCNCc1ccc(CN(C)Cc2ccoc2)cc1. The van der Waals surface area contributed by atoms with E-state index in [1.165, 1.54) is 16.7 Å². The predicted octanol–water partition coefficient (Wildman–Crippen LogP) is 3.02. The van der Waals surface area contributed by atoms with Crippen LogP contribution in [0.2, 0.25) is 0 Å². The zero-order chi connectivity index (χ0) is 13.5. The molecule has 0 amide bonds. The highest BCUT2D eigenvalue weighted by Gasteiger charge is 2.03. The third-order valence-electron chi connectivity index (χ3n) is 3.09. The molecule has 3 nitrogen and oxygen atoms in total. The summed E-state index contributed by atoms with van der Waals surface area (Å²) in [6.07, 6.45) is 3.52. The molecule has 0 fully saturated rings. The Hall–Kier alpha value is -1.58. The van der Waals surface area contributed by atoms with Crippen molar-refractivity contribution in [2.24, 2.45) is 0 Å². The van der Waals surface area contributed by atoms with E-state index >= 15 is 0 Å². The van der Waals surface area contributed by atoms with Crippen LogP contribution >= 0.6 is 0 Å². The lowest BCUT2D eigenvalue weighted by atomic mass is 10.1. The van der Waals surface area contributed by atoms with Crippen LogP contribution in [0.25, 0.3) is 0 Å². The molecule has 3 heteroatoms. The van der Waals surface area contributed by atoms with Gasteiger partial charge in [0.15, 0.2) is 0 Å². The summed E-state index contributed by atoms with van der Waals surface area (Å²) in [5.41, 5.74) is 3.89. The van der Waals surface area contributed by atoms with Crippen molar-refractivity contribution in [1.82, 2.24) is 10.2 Å². The molecule has 1 heterocycles. The molecule has 0 radical (unpaired) electrons. The lowest BCUT2D eigenvalue weighted by Gasteiger charge is -2.15. The molecule has 2 rings (SSSR count). The first-order valence-corrected chi connectivity index (χ1v) is 6.76. The van der Waals surface area contributed by atoms with E-state index in [4.69, 9.17) is 4.42 Å². The number of nitrogens with one attached hydrogen (secondary N) is 1. The lowest BCUT2D eigenvalue weighted by Crippen LogP contribution is -2.17. The van der Waals surface area contributed by atoms with Gasteiger partial charge in [-0.1, -0.05) is 31.2 Å². The molecule has 0 saturated carbocycles. The molecule has 0 atom stereocenters. The molecule has 0 aliphatic carbocycles. The van der Waals surface area contributed by atoms with Crippen molar-refractivity contribution in [3.8, 4) is 0 Å². The summed E-state index contributed by atoms with van der Waals surface area (Å²) in [6, 6.07) is 10.8. The van der Waals surface area contributed by atoms with Crippen molar-refractivity contribution < 1.29 is 4.42 Å². The summed E-state index contributed by atoms with van der Waals surface area (Å²) in [6.45, 7) is 5.94. The number of nitrogens with zero attached hydrogens (tertiary/aromatic N) is 1. The van der Waals surface area contributed by atoms with Gasteiger partial charge in [0.05, 0.1) is 12.5 Å². The molecular weight excluding hydrogens is 236 g/mol. The Labute approximate surface area is 115 Å². The van der Waals surface area contributed by atoms with Crippen molar-refractivity contribution in [2.45, 2.75) is 26.6 Å². The van der Waals surface area contributed by atoms with Crippen molar-refractivity contribution in [3.63, 3.8) is 0 Å². The standard InChI is InChI=1S/C16H22N2O/c1-3-17-10-14-4-6-15(7-5-14)11-18(2)12-16-8-9-19-13-16/h4-9,13,17H,3,10-12H2,1-2H3. The molecule has 1 aromatic heterocycles. The van der Waals surface area contributed by atoms with Gasteiger partial charge in [-0.3, -0.25) is 4.90 Å². The summed E-state index contributed by atoms with van der Waals surface area (Å²) >= 11 is 0. The van der Waals surface area contributed by atoms with Crippen LogP contribution in [0.5, 0.6) is 0 Å². The van der Waals surface area contributed by atoms with Gasteiger partial charge in [-0.05, 0) is 30.8 Å². The fourth-order valence-electron chi connectivity index (χ4n) is 2.09. The molecule has 1 aromatic carbocycles. The van der Waals surface area contributed by atoms with Crippen LogP contribution in [0.15, 0.2) is 47.3 Å². The van der Waals surface area contributed by atoms with Crippen molar-refractivity contribution in [3.05, 3.63) is 59.5 Å². The van der Waals surface area contributed by atoms with Gasteiger partial charge < -0.3 is 9.73 Å². The molecule has 0 unspecified atom stereocenters. The Morgan fingerprint density at radius 2 is 1.68 bits per heavy atom. The smallest absolute Gasteiger partial charge is 0.0947 e. The Kier molecular flexibility index (Phi) is 5.19. The Bertz CT molecular complexity index is 462. The van der Waals surface area contributed by atoms with Crippen molar-refractivity contribution >= 4 is 0 Å². The first-order valence-electron chi connectivity index (χ1n) is 6.76. The Morgan fingerprint density at radius 3 is 2.32 bits per heavy atom. The summed E-state index contributed by atoms with van der Waals surface area (Å²) in [7, 11) is 2.12. The van der Waals surface area contributed by atoms with E-state index in [9.17, 15) is 0 Å². The average Bonchev–Trinajstić information content (AvgIpc) is 2.90. The van der Waals surface area contributed by atoms with Gasteiger partial charge in [0.2, 0.25) is 0 Å². The van der Waals surface area contributed by atoms with Crippen LogP contribution in [0.1, 0.15) is 23.6 Å². The van der Waals surface area contributed by atoms with E-state index in [2.05, 4.69) is 48.5 Å². The minimum Gasteiger partial charge on any atom is -0.472 e. The van der Waals surface area contributed by atoms with E-state index < -0.39 is 0 Å². The molecule has 0 bridgehead atoms. The number of furan rings is 1. The second kappa shape index (κ2) is 7.12. The highest BCUT2D eigenvalue weighted by atomic mass is 16.3. The highest BCUT2D eigenvalue weighted by molar-refractivity contribution is 5.22. The van der Waals surface area contributed by atoms with E-state index in [1.54, 1.807) is 12.5 Å². The second-order valence-electron chi connectivity index (χ2n) is 4.90. The molecule has 19 heavy (non-hydrogen) atoms. The average molecular weight is 258 g/mol. The Morgan fingerprint density at radius 1 is 1.00 bits per heavy atom. The number of hydrogen-bond donors (Lipinski definition) is 1. The largest absolute Gasteiger partial charge is 0.472 e. The normalized spacial score (nSPS) is 11.1. The van der Waals surface area contributed by atoms with Crippen molar-refractivity contribution in [1.29, 1.82) is 0 Å². The van der Waals surface area contributed by atoms with E-state index in [1.807, 2.05) is 6.07 Å². The fourth-order valence-corrected chi connectivity index (χ4v) is 2.09. The second-order valence-corrected chi connectivity index (χ2v) is 4.90. The molecular formula is C16H22N2O. The van der Waals surface area contributed by atoms with Gasteiger partial charge in [0, 0.05) is 25.2 Å². The van der Waals surface area contributed by atoms with E-state index in [0.717, 1.165) is 26.2 Å². The minimum absolute atomic E-state index is 0.912. The van der Waals surface area contributed by atoms with E-state index in [0.29, 0.717) is 0 Å². The maximum Gasteiger partial charge on any atom is 0.0947 e. The molecule has 0 spiro atoms. The topological polar surface area (TPSA) is 28.4 Å². The highest BCUT2D eigenvalue weighted by Crippen LogP contribution is 2.10. The predicted molar refractivity (Wildman–Crippen MR) is 77.7 cm³/mol. The van der Waals surface area contributed by atoms with Crippen molar-refractivity contribution in [2.75, 3.05) is 13.6 Å². The van der Waals surface area contributed by atoms with Crippen LogP contribution in [0.4, 0.5) is 0 Å². The molecule has 0 aliphatic rings. The van der Waals surface area contributed by atoms with E-state index in [-0.39, 0.29) is 0 Å². The first-order chi connectivity index (χ1) is 9.28. The molecule has 102 valence electrons. The van der Waals surface area contributed by atoms with Gasteiger partial charge >= 0.3 is 0 Å². The third-order valence-corrected chi connectivity index (χ3v) is 3.09. The summed E-state index contributed by atoms with van der Waals surface area (Å²) in [5, 5.41) is 3.33. The maximum absolute atomic E-state index is 5.09. The summed E-state index contributed by atoms with van der Waals surface area (Å²) in [4.78, 5) is 2.28. The van der Waals surface area contributed by atoms with Gasteiger partial charge in [-0.25, -0.2) is 0 Å². The van der Waals surface area contributed by atoms with Crippen LogP contribution in [-0.2, 0) is 19.6 Å². The summed E-state index contributed by atoms with van der Waals surface area (Å²) in [5.74, 6) is 0. The molecule has 0 saturated heterocycles. The zero-order valence-electron chi connectivity index (χ0n) is 11.7. The molecule has 2 aromatic rings. The third kappa shape index (κ3) is 4.54. The zero-order valence-corrected chi connectivity index (χ0v) is 11.7. The quantitative estimate of drug-likeness (QED) is 0.827. The molecule has 0 aliphatic heterocycles. The van der Waals surface area contributed by atoms with Gasteiger partial charge in [-0.15, -0.1) is 0 Å². The minimum atomic E-state index is 0.912. The lowest BCUT2D eigenvalue weighted by molar-refractivity contribution is 0.318. The van der Waals surface area contributed by atoms with Gasteiger partial charge in [0.1, 0.15) is 0 Å². The van der Waals surface area contributed by atoms with Crippen LogP contribution in [0, 0.1) is 0 Å². The maximum atomic E-state index is 5.09. The monoisotopic (exact) mass is 258 g/mol. The van der Waals surface area contributed by atoms with Crippen LogP contribution < -0.4 is 5.32 Å². The van der Waals surface area contributed by atoms with Crippen LogP contribution in [-0.4, -0.2) is 18.5 Å². The number of benzene rings is 1. The summed E-state index contributed by atoms with van der Waals surface area (Å²) < 4.78 is 5.09. The van der Waals surface area contributed by atoms with Gasteiger partial charge in [-0.2, -0.15) is 0 Å².